The van der Waals surface area contributed by atoms with Gasteiger partial charge in [0, 0.05) is 29.9 Å². The number of carbonyl (C=O) groups is 2. The van der Waals surface area contributed by atoms with Crippen molar-refractivity contribution < 1.29 is 14.7 Å². The highest BCUT2D eigenvalue weighted by molar-refractivity contribution is 6.03. The first-order valence-electron chi connectivity index (χ1n) is 9.93. The van der Waals surface area contributed by atoms with Gasteiger partial charge < -0.3 is 20.6 Å². The second-order valence-electron chi connectivity index (χ2n) is 7.82. The number of amides is 4. The van der Waals surface area contributed by atoms with E-state index >= 15 is 0 Å². The Morgan fingerprint density at radius 2 is 1.76 bits per heavy atom. The molecule has 7 heteroatoms. The molecule has 0 unspecified atom stereocenters. The quantitative estimate of drug-likeness (QED) is 0.748. The molecular formula is C22H26N4O3. The topological polar surface area (TPSA) is 84.9 Å². The largest absolute Gasteiger partial charge is 0.394 e. The van der Waals surface area contributed by atoms with Crippen LogP contribution in [0.5, 0.6) is 0 Å². The van der Waals surface area contributed by atoms with Crippen molar-refractivity contribution in [3.8, 4) is 0 Å². The van der Waals surface area contributed by atoms with Gasteiger partial charge in [-0.2, -0.15) is 0 Å². The lowest BCUT2D eigenvalue weighted by Crippen LogP contribution is -2.72. The third-order valence-corrected chi connectivity index (χ3v) is 5.60. The fraction of sp³-hybridized carbons (Fsp3) is 0.364. The van der Waals surface area contributed by atoms with Gasteiger partial charge in [-0.3, -0.25) is 4.90 Å². The van der Waals surface area contributed by atoms with E-state index in [1.54, 1.807) is 9.80 Å². The van der Waals surface area contributed by atoms with E-state index in [4.69, 9.17) is 0 Å². The first-order chi connectivity index (χ1) is 14.0. The summed E-state index contributed by atoms with van der Waals surface area (Å²) in [6, 6.07) is 16.1. The molecular weight excluding hydrogens is 368 g/mol. The second kappa shape index (κ2) is 7.75. The van der Waals surface area contributed by atoms with E-state index < -0.39 is 0 Å². The van der Waals surface area contributed by atoms with E-state index in [0.717, 1.165) is 11.3 Å². The Bertz CT molecular complexity index is 902. The number of hydrogen-bond donors (Lipinski definition) is 3. The fourth-order valence-electron chi connectivity index (χ4n) is 4.39. The van der Waals surface area contributed by atoms with Gasteiger partial charge in [0.05, 0.1) is 18.7 Å². The van der Waals surface area contributed by atoms with Crippen LogP contribution in [-0.4, -0.2) is 53.3 Å². The molecule has 3 N–H and O–H groups in total. The number of rotatable bonds is 3. The number of benzene rings is 2. The lowest BCUT2D eigenvalue weighted by molar-refractivity contribution is -0.00739. The first kappa shape index (κ1) is 19.3. The third-order valence-electron chi connectivity index (χ3n) is 5.60. The molecule has 0 spiro atoms. The summed E-state index contributed by atoms with van der Waals surface area (Å²) < 4.78 is 0. The summed E-state index contributed by atoms with van der Waals surface area (Å²) in [5.41, 5.74) is 2.53. The highest BCUT2D eigenvalue weighted by atomic mass is 16.3. The highest BCUT2D eigenvalue weighted by Crippen LogP contribution is 2.48. The summed E-state index contributed by atoms with van der Waals surface area (Å²) in [5, 5.41) is 15.8. The molecule has 4 rings (SSSR count). The van der Waals surface area contributed by atoms with Gasteiger partial charge in [0.2, 0.25) is 0 Å². The van der Waals surface area contributed by atoms with Gasteiger partial charge >= 0.3 is 12.1 Å². The van der Waals surface area contributed by atoms with Crippen LogP contribution in [0.3, 0.4) is 0 Å². The van der Waals surface area contributed by atoms with E-state index in [-0.39, 0.29) is 42.7 Å². The van der Waals surface area contributed by atoms with Gasteiger partial charge in [0.25, 0.3) is 0 Å². The van der Waals surface area contributed by atoms with Crippen molar-refractivity contribution in [1.29, 1.82) is 0 Å². The third kappa shape index (κ3) is 3.42. The SMILES string of the molecule is CC(C)NC(=O)N1[C@H](CO)[C@H]2c3ccccc3N(C(=O)Nc3ccccc3)C[C@H]21. The molecule has 0 aromatic heterocycles. The Morgan fingerprint density at radius 3 is 2.45 bits per heavy atom. The van der Waals surface area contributed by atoms with Crippen LogP contribution in [0.2, 0.25) is 0 Å². The number of nitrogens with zero attached hydrogens (tertiary/aromatic N) is 2. The van der Waals surface area contributed by atoms with Crippen molar-refractivity contribution in [1.82, 2.24) is 10.2 Å². The molecule has 7 nitrogen and oxygen atoms in total. The van der Waals surface area contributed by atoms with E-state index in [1.165, 1.54) is 0 Å². The number of aliphatic hydroxyl groups is 1. The van der Waals surface area contributed by atoms with Gasteiger partial charge in [-0.25, -0.2) is 9.59 Å². The maximum atomic E-state index is 13.1. The van der Waals surface area contributed by atoms with E-state index in [9.17, 15) is 14.7 Å². The summed E-state index contributed by atoms with van der Waals surface area (Å²) in [7, 11) is 0. The molecule has 3 atom stereocenters. The molecule has 0 aliphatic carbocycles. The minimum atomic E-state index is -0.292. The minimum absolute atomic E-state index is 0.00532. The molecule has 1 fully saturated rings. The van der Waals surface area contributed by atoms with Gasteiger partial charge in [-0.15, -0.1) is 0 Å². The number of fused-ring (bicyclic) bond motifs is 3. The summed E-state index contributed by atoms with van der Waals surface area (Å²) in [6.45, 7) is 4.07. The summed E-state index contributed by atoms with van der Waals surface area (Å²) in [4.78, 5) is 29.2. The van der Waals surface area contributed by atoms with Gasteiger partial charge in [0.15, 0.2) is 0 Å². The molecule has 2 aromatic carbocycles. The monoisotopic (exact) mass is 394 g/mol. The molecule has 152 valence electrons. The highest BCUT2D eigenvalue weighted by Gasteiger charge is 2.55. The van der Waals surface area contributed by atoms with E-state index in [0.29, 0.717) is 12.2 Å². The summed E-state index contributed by atoms with van der Waals surface area (Å²) in [6.07, 6.45) is 0. The molecule has 2 aliphatic heterocycles. The molecule has 2 heterocycles. The van der Waals surface area contributed by atoms with Crippen molar-refractivity contribution in [2.75, 3.05) is 23.4 Å². The Hall–Kier alpha value is -3.06. The lowest BCUT2D eigenvalue weighted by Gasteiger charge is -2.58. The van der Waals surface area contributed by atoms with Crippen molar-refractivity contribution in [3.05, 3.63) is 60.2 Å². The van der Waals surface area contributed by atoms with E-state index in [1.807, 2.05) is 68.4 Å². The molecule has 2 aliphatic rings. The predicted octanol–water partition coefficient (Wildman–Crippen LogP) is 2.99. The van der Waals surface area contributed by atoms with Crippen LogP contribution in [0.4, 0.5) is 21.0 Å². The summed E-state index contributed by atoms with van der Waals surface area (Å²) >= 11 is 0. The van der Waals surface area contributed by atoms with Crippen LogP contribution >= 0.6 is 0 Å². The second-order valence-corrected chi connectivity index (χ2v) is 7.82. The molecule has 2 aromatic rings. The number of para-hydroxylation sites is 2. The number of hydrogen-bond acceptors (Lipinski definition) is 3. The summed E-state index contributed by atoms with van der Waals surface area (Å²) in [5.74, 6) is 0.00916. The molecule has 0 radical (unpaired) electrons. The maximum Gasteiger partial charge on any atom is 0.326 e. The normalized spacial score (nSPS) is 22.4. The van der Waals surface area contributed by atoms with Crippen LogP contribution in [0.25, 0.3) is 0 Å². The number of likely N-dealkylation sites (tertiary alicyclic amines) is 1. The first-order valence-corrected chi connectivity index (χ1v) is 9.93. The van der Waals surface area contributed by atoms with Crippen molar-refractivity contribution >= 4 is 23.4 Å². The van der Waals surface area contributed by atoms with Crippen LogP contribution in [-0.2, 0) is 0 Å². The molecule has 29 heavy (non-hydrogen) atoms. The number of carbonyl (C=O) groups excluding carboxylic acids is 2. The Kier molecular flexibility index (Phi) is 5.15. The smallest absolute Gasteiger partial charge is 0.326 e. The average Bonchev–Trinajstić information content (AvgIpc) is 2.68. The van der Waals surface area contributed by atoms with Gasteiger partial charge in [-0.1, -0.05) is 36.4 Å². The number of nitrogens with one attached hydrogen (secondary N) is 2. The minimum Gasteiger partial charge on any atom is -0.394 e. The zero-order valence-electron chi connectivity index (χ0n) is 16.6. The van der Waals surface area contributed by atoms with Crippen LogP contribution in [0, 0.1) is 0 Å². The van der Waals surface area contributed by atoms with Crippen molar-refractivity contribution in [2.24, 2.45) is 0 Å². The zero-order valence-corrected chi connectivity index (χ0v) is 16.6. The fourth-order valence-corrected chi connectivity index (χ4v) is 4.39. The average molecular weight is 394 g/mol. The van der Waals surface area contributed by atoms with Crippen molar-refractivity contribution in [2.45, 2.75) is 37.9 Å². The van der Waals surface area contributed by atoms with Crippen LogP contribution < -0.4 is 15.5 Å². The Morgan fingerprint density at radius 1 is 1.07 bits per heavy atom. The Labute approximate surface area is 170 Å². The molecule has 0 saturated carbocycles. The predicted molar refractivity (Wildman–Crippen MR) is 112 cm³/mol. The van der Waals surface area contributed by atoms with Gasteiger partial charge in [-0.05, 0) is 37.6 Å². The maximum absolute atomic E-state index is 13.1. The Balaban J connectivity index is 1.64. The zero-order chi connectivity index (χ0) is 20.5. The van der Waals surface area contributed by atoms with Gasteiger partial charge in [0.1, 0.15) is 0 Å². The van der Waals surface area contributed by atoms with E-state index in [2.05, 4.69) is 10.6 Å². The molecule has 0 bridgehead atoms. The standard InChI is InChI=1S/C22H26N4O3/c1-14(2)23-22(29)26-18-12-25(21(28)24-15-8-4-3-5-9-15)17-11-7-6-10-16(17)20(18)19(26)13-27/h3-11,14,18-20,27H,12-13H2,1-2H3,(H,23,29)(H,24,28)/t18-,19-,20+/m1/s1. The number of urea groups is 2. The van der Waals surface area contributed by atoms with Crippen LogP contribution in [0.15, 0.2) is 54.6 Å². The molecule has 1 saturated heterocycles. The number of aliphatic hydroxyl groups excluding tert-OH is 1. The van der Waals surface area contributed by atoms with Crippen LogP contribution in [0.1, 0.15) is 25.3 Å². The van der Waals surface area contributed by atoms with Crippen molar-refractivity contribution in [3.63, 3.8) is 0 Å². The number of anilines is 2. The molecule has 4 amide bonds. The lowest BCUT2D eigenvalue weighted by atomic mass is 9.72.